The maximum atomic E-state index is 12.2. The summed E-state index contributed by atoms with van der Waals surface area (Å²) in [6.45, 7) is 4.15. The van der Waals surface area contributed by atoms with Crippen LogP contribution in [-0.4, -0.2) is 25.2 Å². The van der Waals surface area contributed by atoms with Crippen LogP contribution in [0.2, 0.25) is 0 Å². The van der Waals surface area contributed by atoms with Crippen molar-refractivity contribution in [3.63, 3.8) is 0 Å². The SMILES string of the molecule is CCOC(=O)c1cc2ccc(OC(=O)/C=C/c3cc(Br)ccc3OCC)cc2oc1=O. The molecule has 2 aromatic carbocycles. The molecule has 160 valence electrons. The molecule has 0 aliphatic carbocycles. The van der Waals surface area contributed by atoms with Crippen molar-refractivity contribution in [2.24, 2.45) is 0 Å². The molecule has 0 atom stereocenters. The van der Waals surface area contributed by atoms with Crippen molar-refractivity contribution in [1.82, 2.24) is 0 Å². The first-order valence-corrected chi connectivity index (χ1v) is 10.3. The predicted molar refractivity (Wildman–Crippen MR) is 118 cm³/mol. The van der Waals surface area contributed by atoms with Crippen LogP contribution in [0.15, 0.2) is 62.2 Å². The van der Waals surface area contributed by atoms with Gasteiger partial charge in [0.05, 0.1) is 13.2 Å². The van der Waals surface area contributed by atoms with Crippen molar-refractivity contribution in [2.75, 3.05) is 13.2 Å². The van der Waals surface area contributed by atoms with Crippen molar-refractivity contribution in [1.29, 1.82) is 0 Å². The van der Waals surface area contributed by atoms with E-state index >= 15 is 0 Å². The third-order valence-electron chi connectivity index (χ3n) is 4.09. The third kappa shape index (κ3) is 5.61. The average Bonchev–Trinajstić information content (AvgIpc) is 2.73. The van der Waals surface area contributed by atoms with E-state index in [1.54, 1.807) is 25.1 Å². The highest BCUT2D eigenvalue weighted by molar-refractivity contribution is 9.10. The van der Waals surface area contributed by atoms with Gasteiger partial charge in [0.2, 0.25) is 0 Å². The highest BCUT2D eigenvalue weighted by Crippen LogP contribution is 2.25. The largest absolute Gasteiger partial charge is 0.493 e. The molecule has 0 aliphatic heterocycles. The van der Waals surface area contributed by atoms with E-state index in [-0.39, 0.29) is 23.5 Å². The van der Waals surface area contributed by atoms with Gasteiger partial charge in [-0.1, -0.05) is 15.9 Å². The van der Waals surface area contributed by atoms with E-state index in [1.807, 2.05) is 19.1 Å². The highest BCUT2D eigenvalue weighted by Gasteiger charge is 2.15. The molecule has 0 fully saturated rings. The first-order chi connectivity index (χ1) is 14.9. The molecule has 3 rings (SSSR count). The van der Waals surface area contributed by atoms with Crippen LogP contribution in [-0.2, 0) is 9.53 Å². The van der Waals surface area contributed by atoms with Gasteiger partial charge in [0, 0.05) is 27.6 Å². The van der Waals surface area contributed by atoms with Gasteiger partial charge in [-0.05, 0) is 56.3 Å². The Labute approximate surface area is 186 Å². The normalized spacial score (nSPS) is 10.9. The maximum Gasteiger partial charge on any atom is 0.351 e. The smallest absolute Gasteiger partial charge is 0.351 e. The molecule has 7 nitrogen and oxygen atoms in total. The van der Waals surface area contributed by atoms with Crippen LogP contribution in [0.1, 0.15) is 29.8 Å². The molecule has 8 heteroatoms. The van der Waals surface area contributed by atoms with Gasteiger partial charge in [0.25, 0.3) is 0 Å². The number of rotatable bonds is 7. The summed E-state index contributed by atoms with van der Waals surface area (Å²) in [5.74, 6) is -0.543. The number of benzene rings is 2. The summed E-state index contributed by atoms with van der Waals surface area (Å²) in [6.07, 6.45) is 2.86. The second kappa shape index (κ2) is 10.1. The molecule has 0 radical (unpaired) electrons. The first-order valence-electron chi connectivity index (χ1n) is 9.48. The van der Waals surface area contributed by atoms with Crippen molar-refractivity contribution in [3.8, 4) is 11.5 Å². The van der Waals surface area contributed by atoms with Crippen LogP contribution in [0.4, 0.5) is 0 Å². The number of carbonyl (C=O) groups excluding carboxylic acids is 2. The summed E-state index contributed by atoms with van der Waals surface area (Å²) in [7, 11) is 0. The molecule has 0 saturated heterocycles. The second-order valence-corrected chi connectivity index (χ2v) is 7.15. The lowest BCUT2D eigenvalue weighted by Gasteiger charge is -2.07. The minimum absolute atomic E-state index is 0.144. The van der Waals surface area contributed by atoms with Crippen LogP contribution < -0.4 is 15.1 Å². The fourth-order valence-corrected chi connectivity index (χ4v) is 3.13. The predicted octanol–water partition coefficient (Wildman–Crippen LogP) is 4.75. The van der Waals surface area contributed by atoms with Gasteiger partial charge in [0.1, 0.15) is 22.6 Å². The Bertz CT molecular complexity index is 1210. The molecule has 1 aromatic heterocycles. The van der Waals surface area contributed by atoms with Crippen LogP contribution >= 0.6 is 15.9 Å². The van der Waals surface area contributed by atoms with E-state index in [1.165, 1.54) is 24.3 Å². The Balaban J connectivity index is 1.79. The molecular weight excluding hydrogens is 468 g/mol. The number of ether oxygens (including phenoxy) is 3. The van der Waals surface area contributed by atoms with Crippen LogP contribution in [0.25, 0.3) is 17.0 Å². The Morgan fingerprint density at radius 3 is 2.61 bits per heavy atom. The zero-order valence-electron chi connectivity index (χ0n) is 16.8. The summed E-state index contributed by atoms with van der Waals surface area (Å²) in [5.41, 5.74) is -0.129. The first kappa shape index (κ1) is 22.3. The maximum absolute atomic E-state index is 12.2. The number of halogens is 1. The zero-order valence-corrected chi connectivity index (χ0v) is 18.4. The minimum Gasteiger partial charge on any atom is -0.493 e. The Morgan fingerprint density at radius 1 is 1.06 bits per heavy atom. The Morgan fingerprint density at radius 2 is 1.87 bits per heavy atom. The standard InChI is InChI=1S/C23H19BrO7/c1-3-28-19-9-7-16(24)11-14(19)6-10-21(25)30-17-8-5-15-12-18(22(26)29-4-2)23(27)31-20(15)13-17/h5-13H,3-4H2,1-2H3/b10-6+. The quantitative estimate of drug-likeness (QED) is 0.206. The van der Waals surface area contributed by atoms with Crippen LogP contribution in [0.3, 0.4) is 0 Å². The highest BCUT2D eigenvalue weighted by atomic mass is 79.9. The van der Waals surface area contributed by atoms with Crippen molar-refractivity contribution in [2.45, 2.75) is 13.8 Å². The second-order valence-electron chi connectivity index (χ2n) is 6.24. The topological polar surface area (TPSA) is 92.0 Å². The number of hydrogen-bond donors (Lipinski definition) is 0. The van der Waals surface area contributed by atoms with E-state index < -0.39 is 17.6 Å². The van der Waals surface area contributed by atoms with Crippen molar-refractivity contribution >= 4 is 44.9 Å². The Hall–Kier alpha value is -3.39. The van der Waals surface area contributed by atoms with Gasteiger partial charge in [-0.25, -0.2) is 14.4 Å². The molecule has 1 heterocycles. The summed E-state index contributed by atoms with van der Waals surface area (Å²) in [4.78, 5) is 36.1. The minimum atomic E-state index is -0.826. The fourth-order valence-electron chi connectivity index (χ4n) is 2.75. The van der Waals surface area contributed by atoms with E-state index in [0.717, 1.165) is 4.47 Å². The van der Waals surface area contributed by atoms with E-state index in [4.69, 9.17) is 18.6 Å². The number of fused-ring (bicyclic) bond motifs is 1. The van der Waals surface area contributed by atoms with Crippen LogP contribution in [0, 0.1) is 0 Å². The Kier molecular flexibility index (Phi) is 7.25. The van der Waals surface area contributed by atoms with E-state index in [0.29, 0.717) is 23.3 Å². The summed E-state index contributed by atoms with van der Waals surface area (Å²) in [6, 6.07) is 11.4. The average molecular weight is 487 g/mol. The molecule has 0 unspecified atom stereocenters. The molecule has 3 aromatic rings. The monoisotopic (exact) mass is 486 g/mol. The van der Waals surface area contributed by atoms with Gasteiger partial charge >= 0.3 is 17.6 Å². The summed E-state index contributed by atoms with van der Waals surface area (Å²) in [5, 5.41) is 0.494. The van der Waals surface area contributed by atoms with Crippen molar-refractivity contribution < 1.29 is 28.2 Å². The van der Waals surface area contributed by atoms with E-state index in [2.05, 4.69) is 15.9 Å². The van der Waals surface area contributed by atoms with Gasteiger partial charge < -0.3 is 18.6 Å². The molecule has 0 saturated carbocycles. The van der Waals surface area contributed by atoms with Crippen LogP contribution in [0.5, 0.6) is 11.5 Å². The number of hydrogen-bond acceptors (Lipinski definition) is 7. The fraction of sp³-hybridized carbons (Fsp3) is 0.174. The number of esters is 2. The van der Waals surface area contributed by atoms with Gasteiger partial charge in [-0.3, -0.25) is 0 Å². The lowest BCUT2D eigenvalue weighted by Crippen LogP contribution is -2.16. The lowest BCUT2D eigenvalue weighted by molar-refractivity contribution is -0.128. The lowest BCUT2D eigenvalue weighted by atomic mass is 10.2. The summed E-state index contributed by atoms with van der Waals surface area (Å²) < 4.78 is 21.7. The molecule has 31 heavy (non-hydrogen) atoms. The van der Waals surface area contributed by atoms with E-state index in [9.17, 15) is 14.4 Å². The molecule has 0 amide bonds. The number of carbonyl (C=O) groups is 2. The summed E-state index contributed by atoms with van der Waals surface area (Å²) >= 11 is 3.39. The van der Waals surface area contributed by atoms with Gasteiger partial charge in [0.15, 0.2) is 0 Å². The van der Waals surface area contributed by atoms with Gasteiger partial charge in [-0.15, -0.1) is 0 Å². The van der Waals surface area contributed by atoms with Crippen molar-refractivity contribution in [3.05, 3.63) is 74.6 Å². The third-order valence-corrected chi connectivity index (χ3v) is 4.59. The molecule has 0 aliphatic rings. The molecule has 0 bridgehead atoms. The van der Waals surface area contributed by atoms with Gasteiger partial charge in [-0.2, -0.15) is 0 Å². The molecule has 0 spiro atoms. The molecule has 0 N–H and O–H groups in total. The molecular formula is C23H19BrO7. The zero-order chi connectivity index (χ0) is 22.4.